The van der Waals surface area contributed by atoms with Crippen molar-refractivity contribution in [2.75, 3.05) is 0 Å². The van der Waals surface area contributed by atoms with E-state index in [9.17, 15) is 9.59 Å². The van der Waals surface area contributed by atoms with Crippen molar-refractivity contribution in [1.82, 2.24) is 0 Å². The van der Waals surface area contributed by atoms with Gasteiger partial charge in [0.05, 0.1) is 0 Å². The number of aliphatic carboxylic acids is 1. The molecule has 0 spiro atoms. The molecule has 14 heavy (non-hydrogen) atoms. The van der Waals surface area contributed by atoms with Gasteiger partial charge in [-0.1, -0.05) is 0 Å². The van der Waals surface area contributed by atoms with E-state index in [2.05, 4.69) is 0 Å². The van der Waals surface area contributed by atoms with Gasteiger partial charge in [0.1, 0.15) is 5.76 Å². The molecule has 1 aromatic rings. The fourth-order valence-corrected chi connectivity index (χ4v) is 0.820. The Hall–Kier alpha value is -2.04. The Morgan fingerprint density at radius 1 is 1.36 bits per heavy atom. The van der Waals surface area contributed by atoms with Crippen LogP contribution in [0.1, 0.15) is 23.2 Å². The van der Waals surface area contributed by atoms with E-state index in [-0.39, 0.29) is 17.1 Å². The lowest BCUT2D eigenvalue weighted by atomic mass is 10.2. The van der Waals surface area contributed by atoms with E-state index in [1.54, 1.807) is 0 Å². The van der Waals surface area contributed by atoms with E-state index in [0.29, 0.717) is 0 Å². The van der Waals surface area contributed by atoms with Crippen molar-refractivity contribution in [3.8, 4) is 0 Å². The number of carboxylic acids is 2. The Bertz CT molecular complexity index is 399. The molecule has 0 aliphatic rings. The van der Waals surface area contributed by atoms with E-state index < -0.39 is 11.9 Å². The van der Waals surface area contributed by atoms with Gasteiger partial charge in [0.2, 0.25) is 5.76 Å². The molecule has 5 heteroatoms. The largest absolute Gasteiger partial charge is 0.478 e. The Morgan fingerprint density at radius 3 is 2.43 bits per heavy atom. The zero-order valence-electron chi connectivity index (χ0n) is 7.35. The molecule has 0 aliphatic carbocycles. The summed E-state index contributed by atoms with van der Waals surface area (Å²) in [4.78, 5) is 20.8. The summed E-state index contributed by atoms with van der Waals surface area (Å²) in [6, 6.07) is 2.67. The smallest absolute Gasteiger partial charge is 0.371 e. The van der Waals surface area contributed by atoms with Crippen molar-refractivity contribution in [2.24, 2.45) is 0 Å². The number of aromatic carboxylic acids is 1. The lowest BCUT2D eigenvalue weighted by Crippen LogP contribution is -1.95. The van der Waals surface area contributed by atoms with Crippen LogP contribution in [0.4, 0.5) is 0 Å². The molecule has 1 aromatic heterocycles. The number of carboxylic acid groups (broad SMARTS) is 2. The third-order valence-electron chi connectivity index (χ3n) is 1.53. The van der Waals surface area contributed by atoms with E-state index >= 15 is 0 Å². The molecule has 5 nitrogen and oxygen atoms in total. The predicted octanol–water partition coefficient (Wildman–Crippen LogP) is 1.47. The molecule has 0 bridgehead atoms. The highest BCUT2D eigenvalue weighted by Gasteiger charge is 2.08. The highest BCUT2D eigenvalue weighted by atomic mass is 16.4. The van der Waals surface area contributed by atoms with Gasteiger partial charge in [0.15, 0.2) is 0 Å². The Morgan fingerprint density at radius 2 is 2.00 bits per heavy atom. The second kappa shape index (κ2) is 3.78. The maximum Gasteiger partial charge on any atom is 0.371 e. The fourth-order valence-electron chi connectivity index (χ4n) is 0.820. The van der Waals surface area contributed by atoms with Crippen LogP contribution >= 0.6 is 0 Å². The number of rotatable bonds is 3. The van der Waals surface area contributed by atoms with Gasteiger partial charge < -0.3 is 14.6 Å². The first-order valence-electron chi connectivity index (χ1n) is 3.75. The van der Waals surface area contributed by atoms with Crippen LogP contribution in [0.3, 0.4) is 0 Å². The molecule has 0 fully saturated rings. The highest BCUT2D eigenvalue weighted by molar-refractivity contribution is 5.91. The van der Waals surface area contributed by atoms with E-state index in [1.807, 2.05) is 0 Å². The summed E-state index contributed by atoms with van der Waals surface area (Å²) >= 11 is 0. The van der Waals surface area contributed by atoms with Crippen molar-refractivity contribution in [2.45, 2.75) is 6.92 Å². The fraction of sp³-hybridized carbons (Fsp3) is 0.111. The van der Waals surface area contributed by atoms with Gasteiger partial charge >= 0.3 is 11.9 Å². The lowest BCUT2D eigenvalue weighted by Gasteiger charge is -1.90. The van der Waals surface area contributed by atoms with Gasteiger partial charge in [-0.05, 0) is 25.1 Å². The molecule has 0 radical (unpaired) electrons. The monoisotopic (exact) mass is 196 g/mol. The number of carbonyl (C=O) groups is 2. The summed E-state index contributed by atoms with van der Waals surface area (Å²) in [6.45, 7) is 1.39. The molecule has 74 valence electrons. The summed E-state index contributed by atoms with van der Waals surface area (Å²) in [6.07, 6.45) is 1.26. The molecule has 1 heterocycles. The molecule has 0 unspecified atom stereocenters. The standard InChI is InChI=1S/C9H8O5/c1-5(8(10)11)4-6-2-3-7(14-6)9(12)13/h2-4H,1H3,(H,10,11)(H,12,13)/b5-4+. The lowest BCUT2D eigenvalue weighted by molar-refractivity contribution is -0.132. The zero-order valence-corrected chi connectivity index (χ0v) is 7.35. The minimum atomic E-state index is -1.18. The van der Waals surface area contributed by atoms with E-state index in [4.69, 9.17) is 14.6 Å². The zero-order chi connectivity index (χ0) is 10.7. The van der Waals surface area contributed by atoms with Crippen LogP contribution in [0, 0.1) is 0 Å². The molecule has 0 amide bonds. The number of furan rings is 1. The van der Waals surface area contributed by atoms with Gasteiger partial charge in [-0.2, -0.15) is 0 Å². The molecule has 2 N–H and O–H groups in total. The third kappa shape index (κ3) is 2.22. The van der Waals surface area contributed by atoms with Crippen molar-refractivity contribution in [3.63, 3.8) is 0 Å². The first kappa shape index (κ1) is 10.0. The molecular weight excluding hydrogens is 188 g/mol. The van der Waals surface area contributed by atoms with Gasteiger partial charge in [-0.3, -0.25) is 0 Å². The maximum atomic E-state index is 10.4. The highest BCUT2D eigenvalue weighted by Crippen LogP contribution is 2.11. The van der Waals surface area contributed by atoms with Crippen LogP contribution in [0.15, 0.2) is 22.1 Å². The molecule has 0 aliphatic heterocycles. The van der Waals surface area contributed by atoms with Gasteiger partial charge in [-0.15, -0.1) is 0 Å². The van der Waals surface area contributed by atoms with Gasteiger partial charge in [0.25, 0.3) is 0 Å². The van der Waals surface area contributed by atoms with E-state index in [0.717, 1.165) is 0 Å². The quantitative estimate of drug-likeness (QED) is 0.714. The van der Waals surface area contributed by atoms with Gasteiger partial charge in [0, 0.05) is 5.57 Å². The second-order valence-corrected chi connectivity index (χ2v) is 2.64. The van der Waals surface area contributed by atoms with Crippen LogP contribution < -0.4 is 0 Å². The summed E-state index contributed by atoms with van der Waals surface area (Å²) in [5.74, 6) is -2.26. The first-order valence-corrected chi connectivity index (χ1v) is 3.75. The molecule has 0 atom stereocenters. The number of hydrogen-bond acceptors (Lipinski definition) is 3. The summed E-state index contributed by atoms with van der Waals surface area (Å²) < 4.78 is 4.83. The normalized spacial score (nSPS) is 11.4. The third-order valence-corrected chi connectivity index (χ3v) is 1.53. The summed E-state index contributed by atoms with van der Waals surface area (Å²) in [7, 11) is 0. The molecule has 0 aromatic carbocycles. The minimum absolute atomic E-state index is 0.0799. The van der Waals surface area contributed by atoms with Crippen LogP contribution in [-0.4, -0.2) is 22.2 Å². The summed E-state index contributed by atoms with van der Waals surface area (Å²) in [5, 5.41) is 17.0. The van der Waals surface area contributed by atoms with Gasteiger partial charge in [-0.25, -0.2) is 9.59 Å². The van der Waals surface area contributed by atoms with Crippen LogP contribution in [0.2, 0.25) is 0 Å². The molecule has 0 saturated carbocycles. The van der Waals surface area contributed by atoms with Crippen LogP contribution in [0.25, 0.3) is 6.08 Å². The van der Waals surface area contributed by atoms with Crippen LogP contribution in [-0.2, 0) is 4.79 Å². The Labute approximate surface area is 79.3 Å². The number of hydrogen-bond donors (Lipinski definition) is 2. The van der Waals surface area contributed by atoms with Crippen LogP contribution in [0.5, 0.6) is 0 Å². The molecule has 0 saturated heterocycles. The topological polar surface area (TPSA) is 87.7 Å². The Balaban J connectivity index is 2.93. The van der Waals surface area contributed by atoms with E-state index in [1.165, 1.54) is 25.1 Å². The maximum absolute atomic E-state index is 10.4. The molecule has 1 rings (SSSR count). The average Bonchev–Trinajstić information content (AvgIpc) is 2.52. The van der Waals surface area contributed by atoms with Crippen molar-refractivity contribution < 1.29 is 24.2 Å². The minimum Gasteiger partial charge on any atom is -0.478 e. The molecular formula is C9H8O5. The van der Waals surface area contributed by atoms with Crippen molar-refractivity contribution in [1.29, 1.82) is 0 Å². The van der Waals surface area contributed by atoms with Crippen molar-refractivity contribution in [3.05, 3.63) is 29.2 Å². The predicted molar refractivity (Wildman–Crippen MR) is 47.0 cm³/mol. The first-order chi connectivity index (χ1) is 6.50. The Kier molecular flexibility index (Phi) is 2.71. The summed E-state index contributed by atoms with van der Waals surface area (Å²) in [5.41, 5.74) is 0.0799. The second-order valence-electron chi connectivity index (χ2n) is 2.64. The van der Waals surface area contributed by atoms with Crippen molar-refractivity contribution >= 4 is 18.0 Å². The average molecular weight is 196 g/mol. The SMILES string of the molecule is C/C(=C\c1ccc(C(=O)O)o1)C(=O)O.